The monoisotopic (exact) mass is 218 g/mol. The summed E-state index contributed by atoms with van der Waals surface area (Å²) in [5, 5.41) is 3.58. The van der Waals surface area contributed by atoms with E-state index < -0.39 is 0 Å². The van der Waals surface area contributed by atoms with Crippen LogP contribution >= 0.6 is 0 Å². The number of rotatable bonds is 1. The number of anilines is 1. The average Bonchev–Trinajstić information content (AvgIpc) is 2.31. The lowest BCUT2D eigenvalue weighted by Crippen LogP contribution is -2.42. The van der Waals surface area contributed by atoms with E-state index in [9.17, 15) is 0 Å². The van der Waals surface area contributed by atoms with Crippen LogP contribution in [0.4, 0.5) is 5.69 Å². The standard InChI is InChI=1S/C14H22N2/c1-12-10-15-13(2)8-9-16(11-12)14-6-4-3-5-7-14/h3-7,12-13,15H,8-11H2,1-2H3. The van der Waals surface area contributed by atoms with Gasteiger partial charge in [0.15, 0.2) is 0 Å². The third kappa shape index (κ3) is 2.99. The summed E-state index contributed by atoms with van der Waals surface area (Å²) >= 11 is 0. The second-order valence-corrected chi connectivity index (χ2v) is 4.98. The molecule has 0 saturated carbocycles. The predicted molar refractivity (Wildman–Crippen MR) is 69.9 cm³/mol. The highest BCUT2D eigenvalue weighted by Gasteiger charge is 2.16. The number of nitrogens with one attached hydrogen (secondary N) is 1. The van der Waals surface area contributed by atoms with Gasteiger partial charge in [-0.05, 0) is 37.9 Å². The van der Waals surface area contributed by atoms with Crippen molar-refractivity contribution in [1.29, 1.82) is 0 Å². The van der Waals surface area contributed by atoms with Crippen molar-refractivity contribution in [2.45, 2.75) is 26.3 Å². The third-order valence-electron chi connectivity index (χ3n) is 3.30. The van der Waals surface area contributed by atoms with Crippen molar-refractivity contribution in [2.75, 3.05) is 24.5 Å². The molecular formula is C14H22N2. The Morgan fingerprint density at radius 3 is 2.69 bits per heavy atom. The van der Waals surface area contributed by atoms with Crippen LogP contribution in [0.15, 0.2) is 30.3 Å². The van der Waals surface area contributed by atoms with Crippen molar-refractivity contribution in [2.24, 2.45) is 5.92 Å². The van der Waals surface area contributed by atoms with Crippen LogP contribution in [0, 0.1) is 5.92 Å². The molecule has 2 unspecified atom stereocenters. The molecular weight excluding hydrogens is 196 g/mol. The zero-order valence-electron chi connectivity index (χ0n) is 10.3. The number of para-hydroxylation sites is 1. The van der Waals surface area contributed by atoms with E-state index in [4.69, 9.17) is 0 Å². The van der Waals surface area contributed by atoms with E-state index in [2.05, 4.69) is 54.4 Å². The highest BCUT2D eigenvalue weighted by atomic mass is 15.1. The topological polar surface area (TPSA) is 15.3 Å². The van der Waals surface area contributed by atoms with Crippen LogP contribution < -0.4 is 10.2 Å². The van der Waals surface area contributed by atoms with Crippen molar-refractivity contribution in [3.63, 3.8) is 0 Å². The Morgan fingerprint density at radius 1 is 1.19 bits per heavy atom. The minimum Gasteiger partial charge on any atom is -0.371 e. The molecule has 2 rings (SSSR count). The molecule has 0 aromatic heterocycles. The maximum atomic E-state index is 3.58. The molecule has 2 atom stereocenters. The zero-order valence-corrected chi connectivity index (χ0v) is 10.3. The first-order chi connectivity index (χ1) is 7.75. The highest BCUT2D eigenvalue weighted by Crippen LogP contribution is 2.17. The Kier molecular flexibility index (Phi) is 3.83. The van der Waals surface area contributed by atoms with Gasteiger partial charge in [-0.2, -0.15) is 0 Å². The fourth-order valence-corrected chi connectivity index (χ4v) is 2.26. The molecule has 0 amide bonds. The summed E-state index contributed by atoms with van der Waals surface area (Å²) in [5.74, 6) is 0.711. The second kappa shape index (κ2) is 5.35. The van der Waals surface area contributed by atoms with E-state index >= 15 is 0 Å². The molecule has 0 aliphatic carbocycles. The fourth-order valence-electron chi connectivity index (χ4n) is 2.26. The first-order valence-corrected chi connectivity index (χ1v) is 6.29. The predicted octanol–water partition coefficient (Wildman–Crippen LogP) is 2.51. The zero-order chi connectivity index (χ0) is 11.4. The minimum absolute atomic E-state index is 0.633. The lowest BCUT2D eigenvalue weighted by Gasteiger charge is -2.32. The normalized spacial score (nSPS) is 27.2. The molecule has 0 spiro atoms. The minimum atomic E-state index is 0.633. The van der Waals surface area contributed by atoms with Gasteiger partial charge < -0.3 is 10.2 Å². The molecule has 0 radical (unpaired) electrons. The van der Waals surface area contributed by atoms with Gasteiger partial charge in [0, 0.05) is 24.8 Å². The molecule has 16 heavy (non-hydrogen) atoms. The van der Waals surface area contributed by atoms with E-state index in [1.54, 1.807) is 0 Å². The molecule has 0 bridgehead atoms. The average molecular weight is 218 g/mol. The largest absolute Gasteiger partial charge is 0.371 e. The maximum absolute atomic E-state index is 3.58. The Balaban J connectivity index is 2.07. The Hall–Kier alpha value is -1.02. The van der Waals surface area contributed by atoms with Gasteiger partial charge in [0.05, 0.1) is 0 Å². The van der Waals surface area contributed by atoms with Crippen LogP contribution in [0.2, 0.25) is 0 Å². The van der Waals surface area contributed by atoms with Gasteiger partial charge in [-0.1, -0.05) is 25.1 Å². The lowest BCUT2D eigenvalue weighted by molar-refractivity contribution is 0.411. The van der Waals surface area contributed by atoms with E-state index in [1.807, 2.05) is 0 Å². The van der Waals surface area contributed by atoms with Gasteiger partial charge in [0.25, 0.3) is 0 Å². The van der Waals surface area contributed by atoms with E-state index in [-0.39, 0.29) is 0 Å². The molecule has 1 aliphatic heterocycles. The molecule has 1 saturated heterocycles. The molecule has 1 N–H and O–H groups in total. The second-order valence-electron chi connectivity index (χ2n) is 4.98. The van der Waals surface area contributed by atoms with Gasteiger partial charge in [0.1, 0.15) is 0 Å². The molecule has 1 aromatic carbocycles. The van der Waals surface area contributed by atoms with E-state index in [0.29, 0.717) is 12.0 Å². The van der Waals surface area contributed by atoms with Crippen LogP contribution in [-0.2, 0) is 0 Å². The Labute approximate surface area is 98.7 Å². The van der Waals surface area contributed by atoms with E-state index in [0.717, 1.165) is 19.6 Å². The van der Waals surface area contributed by atoms with Crippen molar-refractivity contribution in [3.05, 3.63) is 30.3 Å². The van der Waals surface area contributed by atoms with Gasteiger partial charge in [-0.25, -0.2) is 0 Å². The summed E-state index contributed by atoms with van der Waals surface area (Å²) in [7, 11) is 0. The summed E-state index contributed by atoms with van der Waals surface area (Å²) in [6.45, 7) is 8.04. The van der Waals surface area contributed by atoms with Crippen molar-refractivity contribution in [3.8, 4) is 0 Å². The summed E-state index contributed by atoms with van der Waals surface area (Å²) in [6.07, 6.45) is 1.22. The summed E-state index contributed by atoms with van der Waals surface area (Å²) in [4.78, 5) is 2.52. The van der Waals surface area contributed by atoms with Gasteiger partial charge >= 0.3 is 0 Å². The van der Waals surface area contributed by atoms with Gasteiger partial charge in [-0.15, -0.1) is 0 Å². The van der Waals surface area contributed by atoms with Crippen LogP contribution in [-0.4, -0.2) is 25.7 Å². The number of benzene rings is 1. The van der Waals surface area contributed by atoms with Crippen LogP contribution in [0.5, 0.6) is 0 Å². The summed E-state index contributed by atoms with van der Waals surface area (Å²) in [5.41, 5.74) is 1.36. The van der Waals surface area contributed by atoms with Crippen LogP contribution in [0.25, 0.3) is 0 Å². The number of nitrogens with zero attached hydrogens (tertiary/aromatic N) is 1. The van der Waals surface area contributed by atoms with Crippen molar-refractivity contribution >= 4 is 5.69 Å². The van der Waals surface area contributed by atoms with Crippen LogP contribution in [0.3, 0.4) is 0 Å². The number of hydrogen-bond donors (Lipinski definition) is 1. The maximum Gasteiger partial charge on any atom is 0.0366 e. The Bertz CT molecular complexity index is 310. The smallest absolute Gasteiger partial charge is 0.0366 e. The quantitative estimate of drug-likeness (QED) is 0.779. The SMILES string of the molecule is CC1CNC(C)CCN(c2ccccc2)C1. The van der Waals surface area contributed by atoms with Crippen LogP contribution in [0.1, 0.15) is 20.3 Å². The lowest BCUT2D eigenvalue weighted by atomic mass is 10.1. The first kappa shape index (κ1) is 11.5. The van der Waals surface area contributed by atoms with Gasteiger partial charge in [-0.3, -0.25) is 0 Å². The highest BCUT2D eigenvalue weighted by molar-refractivity contribution is 5.46. The van der Waals surface area contributed by atoms with Gasteiger partial charge in [0.2, 0.25) is 0 Å². The van der Waals surface area contributed by atoms with Crippen molar-refractivity contribution < 1.29 is 0 Å². The molecule has 1 fully saturated rings. The van der Waals surface area contributed by atoms with Crippen molar-refractivity contribution in [1.82, 2.24) is 5.32 Å². The summed E-state index contributed by atoms with van der Waals surface area (Å²) in [6, 6.07) is 11.4. The molecule has 1 aliphatic rings. The molecule has 2 nitrogen and oxygen atoms in total. The number of hydrogen-bond acceptors (Lipinski definition) is 2. The van der Waals surface area contributed by atoms with E-state index in [1.165, 1.54) is 12.1 Å². The first-order valence-electron chi connectivity index (χ1n) is 6.29. The molecule has 88 valence electrons. The molecule has 1 heterocycles. The third-order valence-corrected chi connectivity index (χ3v) is 3.30. The molecule has 1 aromatic rings. The summed E-state index contributed by atoms with van der Waals surface area (Å²) < 4.78 is 0. The Morgan fingerprint density at radius 2 is 1.94 bits per heavy atom. The molecule has 2 heteroatoms. The fraction of sp³-hybridized carbons (Fsp3) is 0.571.